The van der Waals surface area contributed by atoms with Gasteiger partial charge >= 0.3 is 24.2 Å². The van der Waals surface area contributed by atoms with Crippen molar-refractivity contribution in [2.24, 2.45) is 0 Å². The molecule has 0 saturated heterocycles. The normalized spacial score (nSPS) is 17.1. The summed E-state index contributed by atoms with van der Waals surface area (Å²) >= 11 is 0.161. The molecule has 0 N–H and O–H groups in total. The molecule has 0 aliphatic heterocycles. The van der Waals surface area contributed by atoms with Crippen LogP contribution < -0.4 is 0 Å². The van der Waals surface area contributed by atoms with E-state index < -0.39 is 34.5 Å². The van der Waals surface area contributed by atoms with Crippen molar-refractivity contribution >= 4 is 22.6 Å². The third kappa shape index (κ3) is 3.74. The van der Waals surface area contributed by atoms with Gasteiger partial charge in [-0.05, 0) is 0 Å². The molecule has 0 aromatic carbocycles. The highest BCUT2D eigenvalue weighted by molar-refractivity contribution is 14.1. The van der Waals surface area contributed by atoms with E-state index in [0.29, 0.717) is 0 Å². The van der Waals surface area contributed by atoms with Crippen LogP contribution in [0.15, 0.2) is 0 Å². The fourth-order valence-corrected chi connectivity index (χ4v) is 2.07. The number of hydrogen-bond acceptors (Lipinski definition) is 0. The summed E-state index contributed by atoms with van der Waals surface area (Å²) in [5.74, 6) is 0. The van der Waals surface area contributed by atoms with Gasteiger partial charge in [0.25, 0.3) is 0 Å². The van der Waals surface area contributed by atoms with Crippen LogP contribution >= 0.6 is 22.6 Å². The Balaban J connectivity index is 5.38. The molecule has 0 rings (SSSR count). The number of rotatable bonds is 2. The van der Waals surface area contributed by atoms with Crippen LogP contribution in [0, 0.1) is 0 Å². The predicted octanol–water partition coefficient (Wildman–Crippen LogP) is 4.58. The first-order valence-corrected chi connectivity index (χ1v) is 4.90. The summed E-state index contributed by atoms with van der Waals surface area (Å²) in [5.41, 5.74) is -5.89. The van der Waals surface area contributed by atoms with E-state index in [1.165, 1.54) is 0 Å². The van der Waals surface area contributed by atoms with Crippen LogP contribution in [-0.4, -0.2) is 28.1 Å². The molecule has 0 radical (unpaired) electrons. The highest BCUT2D eigenvalue weighted by Gasteiger charge is 2.76. The molecule has 0 fully saturated rings. The Morgan fingerprint density at radius 1 is 0.706 bits per heavy atom. The average molecular weight is 392 g/mol. The maximum atomic E-state index is 13.0. The first-order valence-electron chi connectivity index (χ1n) is 3.66. The zero-order valence-corrected chi connectivity index (χ0v) is 9.60. The summed E-state index contributed by atoms with van der Waals surface area (Å²) in [6, 6.07) is 0. The van der Waals surface area contributed by atoms with E-state index in [0.717, 1.165) is 0 Å². The molecule has 1 atom stereocenters. The van der Waals surface area contributed by atoms with Crippen molar-refractivity contribution in [3.05, 3.63) is 0 Å². The summed E-state index contributed by atoms with van der Waals surface area (Å²) in [5, 5.41) is 0. The quantitative estimate of drug-likeness (QED) is 0.367. The molecule has 0 aromatic heterocycles. The molecule has 0 aliphatic carbocycles. The third-order valence-electron chi connectivity index (χ3n) is 1.67. The molecule has 104 valence electrons. The molecular formula is C6H3F10I. The van der Waals surface area contributed by atoms with Crippen molar-refractivity contribution in [1.82, 2.24) is 0 Å². The molecule has 0 aromatic rings. The first-order chi connectivity index (χ1) is 7.13. The van der Waals surface area contributed by atoms with Gasteiger partial charge in [0, 0.05) is 0 Å². The fraction of sp³-hybridized carbons (Fsp3) is 1.00. The molecule has 0 spiro atoms. The molecule has 0 bridgehead atoms. The van der Waals surface area contributed by atoms with E-state index in [2.05, 4.69) is 0 Å². The average Bonchev–Trinajstić information content (AvgIpc) is 1.94. The van der Waals surface area contributed by atoms with Gasteiger partial charge in [-0.25, -0.2) is 4.39 Å². The Bertz CT molecular complexity index is 245. The first kappa shape index (κ1) is 17.0. The number of halogens is 11. The molecule has 0 nitrogen and oxygen atoms in total. The van der Waals surface area contributed by atoms with Gasteiger partial charge in [0.2, 0.25) is 0 Å². The lowest BCUT2D eigenvalue weighted by molar-refractivity contribution is -0.342. The van der Waals surface area contributed by atoms with Crippen molar-refractivity contribution in [2.75, 3.05) is 0 Å². The van der Waals surface area contributed by atoms with Gasteiger partial charge in [-0.2, -0.15) is 39.5 Å². The fourth-order valence-electron chi connectivity index (χ4n) is 0.860. The summed E-state index contributed by atoms with van der Waals surface area (Å²) in [4.78, 5) is 0. The highest BCUT2D eigenvalue weighted by Crippen LogP contribution is 2.52. The Morgan fingerprint density at radius 2 is 1.00 bits per heavy atom. The third-order valence-corrected chi connectivity index (χ3v) is 2.97. The van der Waals surface area contributed by atoms with Gasteiger partial charge in [-0.1, -0.05) is 22.6 Å². The molecule has 0 aliphatic rings. The molecule has 1 unspecified atom stereocenters. The molecule has 0 saturated carbocycles. The van der Waals surface area contributed by atoms with Crippen LogP contribution in [0.5, 0.6) is 0 Å². The van der Waals surface area contributed by atoms with Crippen LogP contribution in [-0.2, 0) is 0 Å². The van der Waals surface area contributed by atoms with Crippen LogP contribution in [0.25, 0.3) is 0 Å². The van der Waals surface area contributed by atoms with Crippen molar-refractivity contribution in [2.45, 2.75) is 34.5 Å². The predicted molar refractivity (Wildman–Crippen MR) is 44.4 cm³/mol. The SMILES string of the molecule is FC(F)(F)CC(I)C(F)(C(F)(F)F)C(F)(F)F. The van der Waals surface area contributed by atoms with Crippen molar-refractivity contribution in [1.29, 1.82) is 0 Å². The van der Waals surface area contributed by atoms with Gasteiger partial charge in [0.05, 0.1) is 10.3 Å². The van der Waals surface area contributed by atoms with Crippen LogP contribution in [0.2, 0.25) is 0 Å². The van der Waals surface area contributed by atoms with Gasteiger partial charge in [0.15, 0.2) is 0 Å². The lowest BCUT2D eigenvalue weighted by atomic mass is 9.98. The van der Waals surface area contributed by atoms with Crippen molar-refractivity contribution < 1.29 is 43.9 Å². The second kappa shape index (κ2) is 4.61. The van der Waals surface area contributed by atoms with E-state index in [4.69, 9.17) is 0 Å². The minimum Gasteiger partial charge on any atom is -0.222 e. The lowest BCUT2D eigenvalue weighted by Crippen LogP contribution is -2.59. The maximum absolute atomic E-state index is 13.0. The largest absolute Gasteiger partial charge is 0.432 e. The topological polar surface area (TPSA) is 0 Å². The Kier molecular flexibility index (Phi) is 4.62. The Morgan fingerprint density at radius 3 is 1.18 bits per heavy atom. The zero-order valence-electron chi connectivity index (χ0n) is 7.44. The minimum absolute atomic E-state index is 0.161. The van der Waals surface area contributed by atoms with Gasteiger partial charge in [0.1, 0.15) is 0 Å². The van der Waals surface area contributed by atoms with E-state index in [1.807, 2.05) is 0 Å². The summed E-state index contributed by atoms with van der Waals surface area (Å²) in [7, 11) is 0. The standard InChI is InChI=1S/C6H3F10I/c7-3(8,9)1-2(17)4(10,5(11,12)13)6(14,15)16/h2H,1H2. The van der Waals surface area contributed by atoms with Crippen LogP contribution in [0.3, 0.4) is 0 Å². The second-order valence-corrected chi connectivity index (χ2v) is 4.50. The Hall–Kier alpha value is 0.0300. The second-order valence-electron chi connectivity index (χ2n) is 2.99. The lowest BCUT2D eigenvalue weighted by Gasteiger charge is -2.34. The molecule has 17 heavy (non-hydrogen) atoms. The molecule has 0 amide bonds. The van der Waals surface area contributed by atoms with Crippen LogP contribution in [0.4, 0.5) is 43.9 Å². The summed E-state index contributed by atoms with van der Waals surface area (Å²) in [6.45, 7) is 0. The summed E-state index contributed by atoms with van der Waals surface area (Å²) < 4.78 is 116. The Labute approximate surface area is 101 Å². The van der Waals surface area contributed by atoms with Gasteiger partial charge in [-0.15, -0.1) is 0 Å². The van der Waals surface area contributed by atoms with Crippen LogP contribution in [0.1, 0.15) is 6.42 Å². The summed E-state index contributed by atoms with van der Waals surface area (Å²) in [6.07, 6.45) is -20.8. The van der Waals surface area contributed by atoms with E-state index in [-0.39, 0.29) is 22.6 Å². The minimum atomic E-state index is -6.47. The molecule has 0 heterocycles. The van der Waals surface area contributed by atoms with E-state index in [1.54, 1.807) is 0 Å². The van der Waals surface area contributed by atoms with Crippen molar-refractivity contribution in [3.63, 3.8) is 0 Å². The molecule has 11 heteroatoms. The van der Waals surface area contributed by atoms with Gasteiger partial charge < -0.3 is 0 Å². The maximum Gasteiger partial charge on any atom is 0.432 e. The van der Waals surface area contributed by atoms with E-state index in [9.17, 15) is 43.9 Å². The highest BCUT2D eigenvalue weighted by atomic mass is 127. The smallest absolute Gasteiger partial charge is 0.222 e. The number of alkyl halides is 11. The van der Waals surface area contributed by atoms with Crippen molar-refractivity contribution in [3.8, 4) is 0 Å². The monoisotopic (exact) mass is 392 g/mol. The van der Waals surface area contributed by atoms with E-state index >= 15 is 0 Å². The zero-order chi connectivity index (χ0) is 14.3. The van der Waals surface area contributed by atoms with Gasteiger partial charge in [-0.3, -0.25) is 0 Å². The number of hydrogen-bond donors (Lipinski definition) is 0. The molecular weight excluding hydrogens is 389 g/mol.